The van der Waals surface area contributed by atoms with Crippen LogP contribution < -0.4 is 10.6 Å². The molecule has 1 aliphatic heterocycles. The van der Waals surface area contributed by atoms with Crippen molar-refractivity contribution < 1.29 is 19.1 Å². The van der Waals surface area contributed by atoms with Gasteiger partial charge in [-0.3, -0.25) is 9.59 Å². The molecule has 33 heavy (non-hydrogen) atoms. The molecule has 0 radical (unpaired) electrons. The Morgan fingerprint density at radius 2 is 1.55 bits per heavy atom. The summed E-state index contributed by atoms with van der Waals surface area (Å²) in [5.41, 5.74) is 1.88. The highest BCUT2D eigenvalue weighted by Gasteiger charge is 2.25. The quantitative estimate of drug-likeness (QED) is 0.572. The van der Waals surface area contributed by atoms with Gasteiger partial charge in [0.1, 0.15) is 0 Å². The van der Waals surface area contributed by atoms with Crippen LogP contribution in [0.4, 0.5) is 4.79 Å². The number of piperidine rings is 1. The fraction of sp³-hybridized carbons (Fsp3) is 0.423. The maximum atomic E-state index is 13.0. The van der Waals surface area contributed by atoms with Crippen molar-refractivity contribution >= 4 is 17.9 Å². The fourth-order valence-electron chi connectivity index (χ4n) is 4.07. The van der Waals surface area contributed by atoms with Crippen molar-refractivity contribution in [2.24, 2.45) is 0 Å². The second-order valence-corrected chi connectivity index (χ2v) is 8.18. The number of benzene rings is 2. The molecule has 0 spiro atoms. The smallest absolute Gasteiger partial charge is 0.409 e. The Labute approximate surface area is 195 Å². The van der Waals surface area contributed by atoms with Crippen LogP contribution >= 0.6 is 0 Å². The third-order valence-corrected chi connectivity index (χ3v) is 5.79. The fourth-order valence-corrected chi connectivity index (χ4v) is 4.07. The van der Waals surface area contributed by atoms with Gasteiger partial charge in [0.05, 0.1) is 12.5 Å². The number of carbonyl (C=O) groups excluding carboxylic acids is 3. The van der Waals surface area contributed by atoms with Crippen LogP contribution in [0.25, 0.3) is 0 Å². The molecule has 0 bridgehead atoms. The number of nitrogens with one attached hydrogen (secondary N) is 2. The zero-order valence-corrected chi connectivity index (χ0v) is 19.2. The van der Waals surface area contributed by atoms with Gasteiger partial charge in [-0.1, -0.05) is 60.7 Å². The Bertz CT molecular complexity index is 857. The van der Waals surface area contributed by atoms with Gasteiger partial charge in [-0.05, 0) is 37.3 Å². The normalized spacial score (nSPS) is 14.1. The molecular formula is C26H33N3O4. The molecule has 2 aromatic rings. The number of hydrogen-bond donors (Lipinski definition) is 2. The summed E-state index contributed by atoms with van der Waals surface area (Å²) in [6.45, 7) is 3.75. The monoisotopic (exact) mass is 451 g/mol. The Morgan fingerprint density at radius 3 is 2.09 bits per heavy atom. The first-order valence-electron chi connectivity index (χ1n) is 11.7. The van der Waals surface area contributed by atoms with Crippen LogP contribution in [0, 0.1) is 0 Å². The van der Waals surface area contributed by atoms with Crippen LogP contribution in [0.15, 0.2) is 60.7 Å². The number of rotatable bonds is 9. The van der Waals surface area contributed by atoms with Gasteiger partial charge in [-0.15, -0.1) is 0 Å². The molecule has 0 unspecified atom stereocenters. The molecule has 0 saturated carbocycles. The van der Waals surface area contributed by atoms with Crippen LogP contribution in [-0.4, -0.2) is 55.1 Å². The first-order valence-corrected chi connectivity index (χ1v) is 11.7. The summed E-state index contributed by atoms with van der Waals surface area (Å²) >= 11 is 0. The van der Waals surface area contributed by atoms with Crippen LogP contribution in [0.2, 0.25) is 0 Å². The maximum absolute atomic E-state index is 13.0. The molecule has 0 aliphatic carbocycles. The lowest BCUT2D eigenvalue weighted by Crippen LogP contribution is -2.46. The number of nitrogens with zero attached hydrogens (tertiary/aromatic N) is 1. The maximum Gasteiger partial charge on any atom is 0.409 e. The van der Waals surface area contributed by atoms with E-state index in [0.29, 0.717) is 39.1 Å². The number of amides is 3. The Hall–Kier alpha value is -3.35. The molecule has 1 saturated heterocycles. The van der Waals surface area contributed by atoms with Crippen molar-refractivity contribution in [3.63, 3.8) is 0 Å². The number of likely N-dealkylation sites (tertiary alicyclic amines) is 1. The van der Waals surface area contributed by atoms with Gasteiger partial charge in [-0.2, -0.15) is 0 Å². The molecule has 2 N–H and O–H groups in total. The van der Waals surface area contributed by atoms with E-state index in [1.54, 1.807) is 11.8 Å². The van der Waals surface area contributed by atoms with Gasteiger partial charge in [0, 0.05) is 32.1 Å². The SMILES string of the molecule is CCOC(=O)N1CCC(NC(=O)CCCNC(=O)C(c2ccccc2)c2ccccc2)CC1. The lowest BCUT2D eigenvalue weighted by Gasteiger charge is -2.31. The lowest BCUT2D eigenvalue weighted by molar-refractivity contribution is -0.123. The summed E-state index contributed by atoms with van der Waals surface area (Å²) in [5.74, 6) is -0.480. The summed E-state index contributed by atoms with van der Waals surface area (Å²) in [7, 11) is 0. The topological polar surface area (TPSA) is 87.7 Å². The summed E-state index contributed by atoms with van der Waals surface area (Å²) in [5, 5.41) is 6.03. The average Bonchev–Trinajstić information content (AvgIpc) is 2.84. The first-order chi connectivity index (χ1) is 16.1. The van der Waals surface area contributed by atoms with E-state index in [0.717, 1.165) is 24.0 Å². The number of hydrogen-bond acceptors (Lipinski definition) is 4. The molecule has 2 aromatic carbocycles. The zero-order chi connectivity index (χ0) is 23.5. The van der Waals surface area contributed by atoms with Crippen molar-refractivity contribution in [2.45, 2.75) is 44.6 Å². The van der Waals surface area contributed by atoms with Crippen LogP contribution in [0.5, 0.6) is 0 Å². The van der Waals surface area contributed by atoms with Crippen molar-refractivity contribution in [3.05, 3.63) is 71.8 Å². The molecule has 176 valence electrons. The minimum absolute atomic E-state index is 0.0264. The Morgan fingerprint density at radius 1 is 0.970 bits per heavy atom. The van der Waals surface area contributed by atoms with Gasteiger partial charge < -0.3 is 20.3 Å². The van der Waals surface area contributed by atoms with E-state index >= 15 is 0 Å². The molecule has 0 aromatic heterocycles. The standard InChI is InChI=1S/C26H33N3O4/c1-2-33-26(32)29-18-15-22(16-19-29)28-23(30)14-9-17-27-25(31)24(20-10-5-3-6-11-20)21-12-7-4-8-13-21/h3-8,10-13,22,24H,2,9,14-19H2,1H3,(H,27,31)(H,28,30). The Balaban J connectivity index is 1.41. The summed E-state index contributed by atoms with van der Waals surface area (Å²) in [6, 6.07) is 19.5. The highest BCUT2D eigenvalue weighted by molar-refractivity contribution is 5.87. The molecule has 3 amide bonds. The zero-order valence-electron chi connectivity index (χ0n) is 19.2. The Kier molecular flexibility index (Phi) is 9.30. The minimum Gasteiger partial charge on any atom is -0.450 e. The van der Waals surface area contributed by atoms with Crippen LogP contribution in [0.3, 0.4) is 0 Å². The molecule has 7 heteroatoms. The van der Waals surface area contributed by atoms with E-state index in [-0.39, 0.29) is 29.9 Å². The van der Waals surface area contributed by atoms with Gasteiger partial charge in [0.2, 0.25) is 11.8 Å². The lowest BCUT2D eigenvalue weighted by atomic mass is 9.90. The molecule has 1 aliphatic rings. The van der Waals surface area contributed by atoms with E-state index in [9.17, 15) is 14.4 Å². The van der Waals surface area contributed by atoms with E-state index in [4.69, 9.17) is 4.74 Å². The molecular weight excluding hydrogens is 418 g/mol. The largest absolute Gasteiger partial charge is 0.450 e. The molecule has 1 fully saturated rings. The van der Waals surface area contributed by atoms with Gasteiger partial charge >= 0.3 is 6.09 Å². The van der Waals surface area contributed by atoms with Crippen LogP contribution in [-0.2, 0) is 14.3 Å². The third-order valence-electron chi connectivity index (χ3n) is 5.79. The summed E-state index contributed by atoms with van der Waals surface area (Å²) in [4.78, 5) is 38.8. The molecule has 7 nitrogen and oxygen atoms in total. The van der Waals surface area contributed by atoms with Gasteiger partial charge in [0.25, 0.3) is 0 Å². The van der Waals surface area contributed by atoms with Crippen molar-refractivity contribution in [2.75, 3.05) is 26.2 Å². The molecule has 0 atom stereocenters. The predicted molar refractivity (Wildman–Crippen MR) is 127 cm³/mol. The summed E-state index contributed by atoms with van der Waals surface area (Å²) < 4.78 is 5.02. The number of carbonyl (C=O) groups is 3. The van der Waals surface area contributed by atoms with E-state index in [1.165, 1.54) is 0 Å². The molecule has 1 heterocycles. The second-order valence-electron chi connectivity index (χ2n) is 8.18. The average molecular weight is 452 g/mol. The minimum atomic E-state index is -0.384. The first kappa shape index (κ1) is 24.3. The van der Waals surface area contributed by atoms with E-state index in [1.807, 2.05) is 60.7 Å². The highest BCUT2D eigenvalue weighted by Crippen LogP contribution is 2.24. The van der Waals surface area contributed by atoms with Crippen molar-refractivity contribution in [1.82, 2.24) is 15.5 Å². The van der Waals surface area contributed by atoms with Gasteiger partial charge in [0.15, 0.2) is 0 Å². The van der Waals surface area contributed by atoms with Crippen molar-refractivity contribution in [1.29, 1.82) is 0 Å². The summed E-state index contributed by atoms with van der Waals surface area (Å²) in [6.07, 6.45) is 2.06. The highest BCUT2D eigenvalue weighted by atomic mass is 16.6. The van der Waals surface area contributed by atoms with Gasteiger partial charge in [-0.25, -0.2) is 4.79 Å². The van der Waals surface area contributed by atoms with E-state index < -0.39 is 0 Å². The number of ether oxygens (including phenoxy) is 1. The third kappa shape index (κ3) is 7.34. The second kappa shape index (κ2) is 12.6. The van der Waals surface area contributed by atoms with Crippen LogP contribution in [0.1, 0.15) is 49.7 Å². The molecule has 3 rings (SSSR count). The van der Waals surface area contributed by atoms with Crippen molar-refractivity contribution in [3.8, 4) is 0 Å². The predicted octanol–water partition coefficient (Wildman–Crippen LogP) is 3.45. The van der Waals surface area contributed by atoms with E-state index in [2.05, 4.69) is 10.6 Å².